The maximum absolute atomic E-state index is 12.4. The minimum atomic E-state index is -1.30. The number of carbonyl (C=O) groups excluding carboxylic acids is 1. The van der Waals surface area contributed by atoms with Crippen molar-refractivity contribution >= 4 is 23.2 Å². The van der Waals surface area contributed by atoms with Gasteiger partial charge >= 0.3 is 5.69 Å². The summed E-state index contributed by atoms with van der Waals surface area (Å²) in [6.07, 6.45) is -1.30. The van der Waals surface area contributed by atoms with Gasteiger partial charge in [0.15, 0.2) is 0 Å². The molecule has 1 unspecified atom stereocenters. The Balaban J connectivity index is 1.55. The fraction of sp³-hybridized carbons (Fsp3) is 0.120. The summed E-state index contributed by atoms with van der Waals surface area (Å²) in [5.74, 6) is -0.982. The molecule has 0 bridgehead atoms. The quantitative estimate of drug-likeness (QED) is 0.343. The molecule has 1 amide bonds. The van der Waals surface area contributed by atoms with Crippen molar-refractivity contribution in [3.05, 3.63) is 105 Å². The lowest BCUT2D eigenvalue weighted by molar-refractivity contribution is -0.116. The van der Waals surface area contributed by atoms with E-state index in [9.17, 15) is 19.8 Å². The Hall–Kier alpha value is -3.81. The molecule has 1 aromatic heterocycles. The summed E-state index contributed by atoms with van der Waals surface area (Å²) in [6.45, 7) is 1.52. The molecule has 1 heterocycles. The first-order valence-corrected chi connectivity index (χ1v) is 10.6. The zero-order valence-corrected chi connectivity index (χ0v) is 18.5. The number of imidazole rings is 1. The highest BCUT2D eigenvalue weighted by Gasteiger charge is 2.23. The zero-order chi connectivity index (χ0) is 23.5. The SMILES string of the molecule is Cc1ccc(NC(=O)Cn2c(O)c(C(O)c3cccc(-c4ccc(Cl)cc4)c3)[nH]c2=O)cc1. The number of aliphatic hydroxyl groups is 1. The Kier molecular flexibility index (Phi) is 6.35. The standard InChI is InChI=1S/C25H22ClN3O4/c1-15-5-11-20(12-6-15)27-21(30)14-29-24(32)22(28-25(29)33)23(31)18-4-2-3-17(13-18)16-7-9-19(26)10-8-16/h2-13,23,31-32H,14H2,1H3,(H,27,30)(H,28,33). The third-order valence-corrected chi connectivity index (χ3v) is 5.53. The molecule has 0 aliphatic heterocycles. The van der Waals surface area contributed by atoms with E-state index in [4.69, 9.17) is 11.6 Å². The molecular formula is C25H22ClN3O4. The molecule has 3 aromatic carbocycles. The monoisotopic (exact) mass is 463 g/mol. The molecule has 168 valence electrons. The van der Waals surface area contributed by atoms with Crippen LogP contribution in [0, 0.1) is 6.92 Å². The first-order valence-electron chi connectivity index (χ1n) is 10.2. The van der Waals surface area contributed by atoms with Gasteiger partial charge in [0.1, 0.15) is 18.3 Å². The number of H-pyrrole nitrogens is 1. The highest BCUT2D eigenvalue weighted by molar-refractivity contribution is 6.30. The van der Waals surface area contributed by atoms with Gasteiger partial charge in [0.25, 0.3) is 0 Å². The number of halogens is 1. The summed E-state index contributed by atoms with van der Waals surface area (Å²) in [5, 5.41) is 24.7. The van der Waals surface area contributed by atoms with E-state index >= 15 is 0 Å². The fourth-order valence-electron chi connectivity index (χ4n) is 3.50. The molecule has 0 fully saturated rings. The molecule has 7 nitrogen and oxygen atoms in total. The summed E-state index contributed by atoms with van der Waals surface area (Å²) in [5.41, 5.74) is 3.04. The van der Waals surface area contributed by atoms with E-state index < -0.39 is 30.1 Å². The van der Waals surface area contributed by atoms with E-state index in [0.717, 1.165) is 21.3 Å². The van der Waals surface area contributed by atoms with Crippen LogP contribution in [0.15, 0.2) is 77.6 Å². The predicted molar refractivity (Wildman–Crippen MR) is 127 cm³/mol. The third-order valence-electron chi connectivity index (χ3n) is 5.27. The first kappa shape index (κ1) is 22.4. The average Bonchev–Trinajstić information content (AvgIpc) is 3.09. The van der Waals surface area contributed by atoms with Crippen LogP contribution in [0.4, 0.5) is 5.69 Å². The number of nitrogens with one attached hydrogen (secondary N) is 2. The van der Waals surface area contributed by atoms with E-state index in [2.05, 4.69) is 10.3 Å². The van der Waals surface area contributed by atoms with Crippen LogP contribution in [0.3, 0.4) is 0 Å². The second-order valence-corrected chi connectivity index (χ2v) is 8.14. The number of benzene rings is 3. The highest BCUT2D eigenvalue weighted by atomic mass is 35.5. The normalized spacial score (nSPS) is 11.8. The maximum atomic E-state index is 12.4. The van der Waals surface area contributed by atoms with Crippen molar-refractivity contribution in [3.8, 4) is 17.0 Å². The molecule has 33 heavy (non-hydrogen) atoms. The molecule has 0 aliphatic carbocycles. The molecule has 4 aromatic rings. The highest BCUT2D eigenvalue weighted by Crippen LogP contribution is 2.30. The number of hydrogen-bond donors (Lipinski definition) is 4. The van der Waals surface area contributed by atoms with Crippen LogP contribution in [0.2, 0.25) is 5.02 Å². The number of carbonyl (C=O) groups is 1. The van der Waals surface area contributed by atoms with Crippen molar-refractivity contribution in [3.63, 3.8) is 0 Å². The summed E-state index contributed by atoms with van der Waals surface area (Å²) < 4.78 is 0.880. The number of nitrogens with zero attached hydrogens (tertiary/aromatic N) is 1. The van der Waals surface area contributed by atoms with Gasteiger partial charge in [-0.05, 0) is 53.9 Å². The van der Waals surface area contributed by atoms with Gasteiger partial charge in [0.05, 0.1) is 0 Å². The third kappa shape index (κ3) is 5.00. The second kappa shape index (κ2) is 9.36. The Morgan fingerprint density at radius 2 is 1.76 bits per heavy atom. The Labute approximate surface area is 194 Å². The number of anilines is 1. The molecule has 0 saturated carbocycles. The van der Waals surface area contributed by atoms with Crippen LogP contribution in [0.25, 0.3) is 11.1 Å². The number of aromatic amines is 1. The van der Waals surface area contributed by atoms with E-state index in [1.807, 2.05) is 37.3 Å². The van der Waals surface area contributed by atoms with E-state index in [-0.39, 0.29) is 5.69 Å². The summed E-state index contributed by atoms with van der Waals surface area (Å²) >= 11 is 5.95. The van der Waals surface area contributed by atoms with Crippen molar-refractivity contribution in [1.29, 1.82) is 0 Å². The fourth-order valence-corrected chi connectivity index (χ4v) is 3.62. The number of aromatic nitrogens is 2. The Morgan fingerprint density at radius 3 is 2.45 bits per heavy atom. The summed E-state index contributed by atoms with van der Waals surface area (Å²) in [7, 11) is 0. The number of aryl methyl sites for hydroxylation is 1. The van der Waals surface area contributed by atoms with Gasteiger partial charge in [0, 0.05) is 10.7 Å². The van der Waals surface area contributed by atoms with Crippen LogP contribution < -0.4 is 11.0 Å². The molecule has 4 N–H and O–H groups in total. The number of hydrogen-bond acceptors (Lipinski definition) is 4. The topological polar surface area (TPSA) is 107 Å². The van der Waals surface area contributed by atoms with Gasteiger partial charge in [-0.15, -0.1) is 0 Å². The van der Waals surface area contributed by atoms with Crippen LogP contribution in [-0.2, 0) is 11.3 Å². The Bertz CT molecular complexity index is 1340. The molecule has 0 saturated heterocycles. The number of aromatic hydroxyl groups is 1. The predicted octanol–water partition coefficient (Wildman–Crippen LogP) is 4.23. The lowest BCUT2D eigenvalue weighted by Crippen LogP contribution is -2.25. The minimum Gasteiger partial charge on any atom is -0.493 e. The zero-order valence-electron chi connectivity index (χ0n) is 17.7. The Morgan fingerprint density at radius 1 is 1.06 bits per heavy atom. The second-order valence-electron chi connectivity index (χ2n) is 7.70. The average molecular weight is 464 g/mol. The lowest BCUT2D eigenvalue weighted by Gasteiger charge is -2.12. The van der Waals surface area contributed by atoms with Crippen molar-refractivity contribution in [2.24, 2.45) is 0 Å². The van der Waals surface area contributed by atoms with Crippen LogP contribution in [-0.4, -0.2) is 25.7 Å². The van der Waals surface area contributed by atoms with E-state index in [1.165, 1.54) is 0 Å². The molecule has 0 radical (unpaired) electrons. The van der Waals surface area contributed by atoms with Crippen LogP contribution in [0.5, 0.6) is 5.88 Å². The summed E-state index contributed by atoms with van der Waals surface area (Å²) in [4.78, 5) is 27.2. The summed E-state index contributed by atoms with van der Waals surface area (Å²) in [6, 6.07) is 21.5. The van der Waals surface area contributed by atoms with Gasteiger partial charge in [-0.1, -0.05) is 59.6 Å². The van der Waals surface area contributed by atoms with Crippen molar-refractivity contribution < 1.29 is 15.0 Å². The van der Waals surface area contributed by atoms with E-state index in [1.54, 1.807) is 42.5 Å². The van der Waals surface area contributed by atoms with Gasteiger partial charge < -0.3 is 20.5 Å². The lowest BCUT2D eigenvalue weighted by atomic mass is 9.99. The van der Waals surface area contributed by atoms with Gasteiger partial charge in [-0.2, -0.15) is 0 Å². The molecule has 1 atom stereocenters. The molecule has 4 rings (SSSR count). The number of amides is 1. The van der Waals surface area contributed by atoms with Crippen molar-refractivity contribution in [2.45, 2.75) is 19.6 Å². The molecule has 0 aliphatic rings. The van der Waals surface area contributed by atoms with Gasteiger partial charge in [0.2, 0.25) is 11.8 Å². The maximum Gasteiger partial charge on any atom is 0.329 e. The van der Waals surface area contributed by atoms with E-state index in [0.29, 0.717) is 16.3 Å². The van der Waals surface area contributed by atoms with Gasteiger partial charge in [-0.3, -0.25) is 9.36 Å². The first-order chi connectivity index (χ1) is 15.8. The number of rotatable bonds is 6. The molecule has 0 spiro atoms. The van der Waals surface area contributed by atoms with Gasteiger partial charge in [-0.25, -0.2) is 4.79 Å². The number of aliphatic hydroxyl groups excluding tert-OH is 1. The van der Waals surface area contributed by atoms with Crippen molar-refractivity contribution in [2.75, 3.05) is 5.32 Å². The largest absolute Gasteiger partial charge is 0.493 e. The van der Waals surface area contributed by atoms with Crippen LogP contribution >= 0.6 is 11.6 Å². The van der Waals surface area contributed by atoms with Crippen molar-refractivity contribution in [1.82, 2.24) is 9.55 Å². The van der Waals surface area contributed by atoms with Crippen LogP contribution in [0.1, 0.15) is 22.9 Å². The molecular weight excluding hydrogens is 442 g/mol. The smallest absolute Gasteiger partial charge is 0.329 e. The minimum absolute atomic E-state index is 0.0867. The molecule has 8 heteroatoms.